The van der Waals surface area contributed by atoms with E-state index in [0.29, 0.717) is 18.0 Å². The molecule has 4 aromatic rings. The zero-order valence-corrected chi connectivity index (χ0v) is 19.2. The van der Waals surface area contributed by atoms with Gasteiger partial charge in [0, 0.05) is 18.7 Å². The number of para-hydroxylation sites is 1. The molecular formula is C26H30N6O. The predicted molar refractivity (Wildman–Crippen MR) is 129 cm³/mol. The molecule has 0 saturated carbocycles. The van der Waals surface area contributed by atoms with Gasteiger partial charge in [-0.15, -0.1) is 5.10 Å². The van der Waals surface area contributed by atoms with Crippen LogP contribution >= 0.6 is 0 Å². The first-order valence-electron chi connectivity index (χ1n) is 11.8. The Bertz CT molecular complexity index is 1300. The lowest BCUT2D eigenvalue weighted by Crippen LogP contribution is -2.41. The summed E-state index contributed by atoms with van der Waals surface area (Å²) in [5, 5.41) is 13.8. The minimum atomic E-state index is -0.285. The predicted octanol–water partition coefficient (Wildman–Crippen LogP) is 3.89. The van der Waals surface area contributed by atoms with Gasteiger partial charge in [0.05, 0.1) is 5.52 Å². The number of benzene rings is 2. The van der Waals surface area contributed by atoms with Crippen molar-refractivity contribution in [2.75, 3.05) is 13.1 Å². The Labute approximate surface area is 193 Å². The Hall–Kier alpha value is -3.32. The maximum Gasteiger partial charge on any atom is 0.253 e. The number of hydrogen-bond acceptors (Lipinski definition) is 5. The lowest BCUT2D eigenvalue weighted by Gasteiger charge is -2.36. The van der Waals surface area contributed by atoms with Crippen molar-refractivity contribution in [3.63, 3.8) is 0 Å². The summed E-state index contributed by atoms with van der Waals surface area (Å²) >= 11 is 0. The van der Waals surface area contributed by atoms with Crippen LogP contribution in [0.2, 0.25) is 0 Å². The normalized spacial score (nSPS) is 17.9. The van der Waals surface area contributed by atoms with Gasteiger partial charge in [-0.25, -0.2) is 4.68 Å². The van der Waals surface area contributed by atoms with Crippen LogP contribution in [0.1, 0.15) is 48.3 Å². The van der Waals surface area contributed by atoms with Crippen molar-refractivity contribution >= 4 is 10.9 Å². The first kappa shape index (κ1) is 21.5. The molecule has 0 unspecified atom stereocenters. The molecule has 1 aliphatic heterocycles. The smallest absolute Gasteiger partial charge is 0.253 e. The van der Waals surface area contributed by atoms with Gasteiger partial charge < -0.3 is 4.98 Å². The fourth-order valence-electron chi connectivity index (χ4n) is 5.01. The third-order valence-electron chi connectivity index (χ3n) is 6.72. The van der Waals surface area contributed by atoms with E-state index < -0.39 is 0 Å². The molecule has 0 amide bonds. The van der Waals surface area contributed by atoms with Gasteiger partial charge in [0.1, 0.15) is 6.04 Å². The number of pyridine rings is 1. The third kappa shape index (κ3) is 4.46. The van der Waals surface area contributed by atoms with Gasteiger partial charge in [0.25, 0.3) is 5.56 Å². The van der Waals surface area contributed by atoms with E-state index in [1.165, 1.54) is 12.0 Å². The monoisotopic (exact) mass is 442 g/mol. The molecule has 7 nitrogen and oxygen atoms in total. The number of likely N-dealkylation sites (tertiary alicyclic amines) is 1. The molecule has 2 aromatic heterocycles. The summed E-state index contributed by atoms with van der Waals surface area (Å²) in [6.45, 7) is 6.80. The fourth-order valence-corrected chi connectivity index (χ4v) is 5.01. The summed E-state index contributed by atoms with van der Waals surface area (Å²) < 4.78 is 1.87. The van der Waals surface area contributed by atoms with Crippen molar-refractivity contribution in [3.8, 4) is 0 Å². The molecule has 1 fully saturated rings. The van der Waals surface area contributed by atoms with Crippen molar-refractivity contribution in [2.45, 2.75) is 45.7 Å². The van der Waals surface area contributed by atoms with Crippen LogP contribution in [0.3, 0.4) is 0 Å². The zero-order valence-electron chi connectivity index (χ0n) is 19.2. The lowest BCUT2D eigenvalue weighted by atomic mass is 9.95. The number of aromatic nitrogens is 5. The van der Waals surface area contributed by atoms with E-state index >= 15 is 0 Å². The number of hydrogen-bond donors (Lipinski definition) is 1. The Morgan fingerprint density at radius 1 is 1.15 bits per heavy atom. The molecule has 1 saturated heterocycles. The van der Waals surface area contributed by atoms with E-state index in [4.69, 9.17) is 0 Å². The molecule has 0 aliphatic carbocycles. The molecule has 3 heterocycles. The number of fused-ring (bicyclic) bond motifs is 1. The lowest BCUT2D eigenvalue weighted by molar-refractivity contribution is 0.141. The molecule has 33 heavy (non-hydrogen) atoms. The summed E-state index contributed by atoms with van der Waals surface area (Å²) in [4.78, 5) is 18.9. The Morgan fingerprint density at radius 2 is 2.00 bits per heavy atom. The zero-order chi connectivity index (χ0) is 22.8. The Balaban J connectivity index is 1.57. The van der Waals surface area contributed by atoms with Gasteiger partial charge in [-0.2, -0.15) is 0 Å². The van der Waals surface area contributed by atoms with Crippen molar-refractivity contribution < 1.29 is 0 Å². The van der Waals surface area contributed by atoms with E-state index in [1.54, 1.807) is 0 Å². The number of aryl methyl sites for hydroxylation is 3. The quantitative estimate of drug-likeness (QED) is 0.490. The minimum Gasteiger partial charge on any atom is -0.321 e. The summed E-state index contributed by atoms with van der Waals surface area (Å²) in [7, 11) is 0. The Kier molecular flexibility index (Phi) is 6.05. The number of rotatable bonds is 6. The Morgan fingerprint density at radius 3 is 2.82 bits per heavy atom. The van der Waals surface area contributed by atoms with Gasteiger partial charge in [-0.1, -0.05) is 55.5 Å². The second-order valence-electron chi connectivity index (χ2n) is 9.23. The maximum atomic E-state index is 13.4. The van der Waals surface area contributed by atoms with Gasteiger partial charge in [0.2, 0.25) is 0 Å². The number of tetrazole rings is 1. The third-order valence-corrected chi connectivity index (χ3v) is 6.72. The van der Waals surface area contributed by atoms with Crippen LogP contribution in [0.25, 0.3) is 10.9 Å². The van der Waals surface area contributed by atoms with Crippen molar-refractivity contribution in [2.24, 2.45) is 5.92 Å². The SMILES string of the molecule is Cc1cccc2cc([C@@H](c3nnnn3CCc3ccccc3)N3CCC[C@H](C)C3)c(=O)[nH]c12. The number of aromatic amines is 1. The molecule has 5 rings (SSSR count). The molecule has 1 N–H and O–H groups in total. The second kappa shape index (κ2) is 9.27. The fraction of sp³-hybridized carbons (Fsp3) is 0.385. The molecule has 1 aliphatic rings. The molecule has 0 spiro atoms. The molecular weight excluding hydrogens is 412 g/mol. The number of nitrogens with zero attached hydrogens (tertiary/aromatic N) is 5. The number of nitrogens with one attached hydrogen (secondary N) is 1. The maximum absolute atomic E-state index is 13.4. The van der Waals surface area contributed by atoms with Gasteiger partial charge in [-0.05, 0) is 71.7 Å². The molecule has 170 valence electrons. The highest BCUT2D eigenvalue weighted by Gasteiger charge is 2.32. The second-order valence-corrected chi connectivity index (χ2v) is 9.23. The van der Waals surface area contributed by atoms with Crippen LogP contribution in [-0.4, -0.2) is 43.2 Å². The van der Waals surface area contributed by atoms with E-state index in [9.17, 15) is 4.79 Å². The summed E-state index contributed by atoms with van der Waals surface area (Å²) in [5.74, 6) is 1.30. The van der Waals surface area contributed by atoms with E-state index in [2.05, 4.69) is 50.5 Å². The highest BCUT2D eigenvalue weighted by Crippen LogP contribution is 2.31. The van der Waals surface area contributed by atoms with Crippen LogP contribution in [-0.2, 0) is 13.0 Å². The molecule has 2 atom stereocenters. The molecule has 0 radical (unpaired) electrons. The summed E-state index contributed by atoms with van der Waals surface area (Å²) in [6, 6.07) is 18.2. The van der Waals surface area contributed by atoms with Crippen molar-refractivity contribution in [1.82, 2.24) is 30.1 Å². The molecule has 7 heteroatoms. The highest BCUT2D eigenvalue weighted by molar-refractivity contribution is 5.82. The van der Waals surface area contributed by atoms with Gasteiger partial charge in [0.15, 0.2) is 5.82 Å². The van der Waals surface area contributed by atoms with Crippen molar-refractivity contribution in [3.05, 3.63) is 87.5 Å². The average Bonchev–Trinajstić information content (AvgIpc) is 3.28. The summed E-state index contributed by atoms with van der Waals surface area (Å²) in [5.41, 5.74) is 3.82. The highest BCUT2D eigenvalue weighted by atomic mass is 16.1. The first-order chi connectivity index (χ1) is 16.1. The van der Waals surface area contributed by atoms with Crippen LogP contribution in [0.15, 0.2) is 59.4 Å². The van der Waals surface area contributed by atoms with E-state index in [1.807, 2.05) is 48.0 Å². The van der Waals surface area contributed by atoms with Gasteiger partial charge >= 0.3 is 0 Å². The van der Waals surface area contributed by atoms with Crippen LogP contribution < -0.4 is 5.56 Å². The standard InChI is InChI=1S/C26H30N6O/c1-18-8-7-14-31(17-18)24(22-16-21-12-6-9-19(2)23(21)27-26(22)33)25-28-29-30-32(25)15-13-20-10-4-3-5-11-20/h3-6,9-12,16,18,24H,7-8,13-15,17H2,1-2H3,(H,27,33)/t18-,24-/m0/s1. The number of piperidine rings is 1. The summed E-state index contributed by atoms with van der Waals surface area (Å²) in [6.07, 6.45) is 3.14. The van der Waals surface area contributed by atoms with Crippen molar-refractivity contribution in [1.29, 1.82) is 0 Å². The first-order valence-corrected chi connectivity index (χ1v) is 11.8. The van der Waals surface area contributed by atoms with Crippen LogP contribution in [0.4, 0.5) is 0 Å². The minimum absolute atomic E-state index is 0.0716. The van der Waals surface area contributed by atoms with Gasteiger partial charge in [-0.3, -0.25) is 9.69 Å². The van der Waals surface area contributed by atoms with E-state index in [-0.39, 0.29) is 11.6 Å². The van der Waals surface area contributed by atoms with Crippen LogP contribution in [0, 0.1) is 12.8 Å². The van der Waals surface area contributed by atoms with Crippen LogP contribution in [0.5, 0.6) is 0 Å². The van der Waals surface area contributed by atoms with E-state index in [0.717, 1.165) is 48.2 Å². The largest absolute Gasteiger partial charge is 0.321 e. The molecule has 2 aromatic carbocycles. The number of H-pyrrole nitrogens is 1. The molecule has 0 bridgehead atoms. The average molecular weight is 443 g/mol. The topological polar surface area (TPSA) is 79.7 Å².